The number of benzene rings is 1. The van der Waals surface area contributed by atoms with Crippen LogP contribution in [0.4, 0.5) is 14.7 Å². The van der Waals surface area contributed by atoms with Crippen LogP contribution in [0.25, 0.3) is 27.5 Å². The van der Waals surface area contributed by atoms with Crippen LogP contribution < -0.4 is 10.6 Å². The van der Waals surface area contributed by atoms with Crippen molar-refractivity contribution < 1.29 is 14.3 Å². The van der Waals surface area contributed by atoms with Gasteiger partial charge in [0.1, 0.15) is 11.9 Å². The van der Waals surface area contributed by atoms with Gasteiger partial charge in [-0.05, 0) is 58.6 Å². The molecule has 2 aliphatic rings. The number of likely N-dealkylation sites (tertiary alicyclic amines) is 1. The van der Waals surface area contributed by atoms with Crippen LogP contribution in [-0.4, -0.2) is 66.5 Å². The van der Waals surface area contributed by atoms with Crippen molar-refractivity contribution in [2.45, 2.75) is 58.1 Å². The molecule has 4 heterocycles. The number of carbonyl (C=O) groups excluding carboxylic acids is 2. The predicted octanol–water partition coefficient (Wildman–Crippen LogP) is 5.73. The normalized spacial score (nSPS) is 16.1. The molecule has 1 aromatic carbocycles. The van der Waals surface area contributed by atoms with Crippen LogP contribution in [0, 0.1) is 0 Å². The molecule has 2 N–H and O–H groups in total. The number of hydrogen-bond acceptors (Lipinski definition) is 8. The van der Waals surface area contributed by atoms with Gasteiger partial charge < -0.3 is 15.0 Å². The lowest BCUT2D eigenvalue weighted by molar-refractivity contribution is 0.0228. The van der Waals surface area contributed by atoms with Gasteiger partial charge in [0.05, 0.1) is 38.7 Å². The smallest absolute Gasteiger partial charge is 0.410 e. The lowest BCUT2D eigenvalue weighted by Crippen LogP contribution is -2.45. The third-order valence-electron chi connectivity index (χ3n) is 7.15. The minimum Gasteiger partial charge on any atom is -0.444 e. The Hall–Kier alpha value is -4.03. The summed E-state index contributed by atoms with van der Waals surface area (Å²) >= 11 is 8.01. The molecular formula is C29H31ClN8O3S. The van der Waals surface area contributed by atoms with Crippen LogP contribution in [0.1, 0.15) is 44.9 Å². The van der Waals surface area contributed by atoms with E-state index >= 15 is 0 Å². The molecule has 1 fully saturated rings. The standard InChI is InChI=1S/C29H31ClN8O3S/c1-29(2,3)41-28(40)37-12-6-7-18(37)15-33-26(39)35-27-34-21-11-10-19-23(17-13-31-16-32-14-17)36-38(24(19)25(21)42-27)22-9-5-4-8-20(22)30/h4-5,8-9,13-14,16,18H,6-7,10-12,15H2,1-3H3,(H2,33,34,35,39)/t18-/m1/s1. The maximum atomic E-state index is 12.9. The molecule has 3 amide bonds. The number of urea groups is 1. The molecule has 4 aromatic rings. The maximum Gasteiger partial charge on any atom is 0.410 e. The van der Waals surface area contributed by atoms with Crippen molar-refractivity contribution in [1.29, 1.82) is 0 Å². The first-order valence-corrected chi connectivity index (χ1v) is 15.0. The van der Waals surface area contributed by atoms with Crippen LogP contribution >= 0.6 is 22.9 Å². The lowest BCUT2D eigenvalue weighted by Gasteiger charge is -2.28. The van der Waals surface area contributed by atoms with E-state index in [0.29, 0.717) is 36.1 Å². The van der Waals surface area contributed by atoms with Gasteiger partial charge in [0, 0.05) is 36.6 Å². The van der Waals surface area contributed by atoms with E-state index in [4.69, 9.17) is 26.4 Å². The number of ether oxygens (including phenoxy) is 1. The SMILES string of the molecule is CC(C)(C)OC(=O)N1CCC[C@@H]1CNC(=O)Nc1nc2c(s1)-c1c(c(-c3cncnc3)nn1-c1ccccc1Cl)CC2. The average Bonchev–Trinajstić information content (AvgIpc) is 3.68. The van der Waals surface area contributed by atoms with Crippen LogP contribution in [0.15, 0.2) is 43.0 Å². The molecule has 1 aliphatic carbocycles. The predicted molar refractivity (Wildman–Crippen MR) is 161 cm³/mol. The van der Waals surface area contributed by atoms with Gasteiger partial charge in [0.25, 0.3) is 0 Å². The van der Waals surface area contributed by atoms with Crippen molar-refractivity contribution in [2.75, 3.05) is 18.4 Å². The zero-order valence-electron chi connectivity index (χ0n) is 23.6. The molecule has 42 heavy (non-hydrogen) atoms. The number of rotatable bonds is 5. The van der Waals surface area contributed by atoms with Gasteiger partial charge >= 0.3 is 12.1 Å². The minimum absolute atomic E-state index is 0.122. The third-order valence-corrected chi connectivity index (χ3v) is 8.49. The van der Waals surface area contributed by atoms with Crippen molar-refractivity contribution >= 4 is 40.2 Å². The molecule has 13 heteroatoms. The number of aryl methyl sites for hydroxylation is 1. The fourth-order valence-electron chi connectivity index (χ4n) is 5.34. The summed E-state index contributed by atoms with van der Waals surface area (Å²) in [5.74, 6) is 0. The number of fused-ring (bicyclic) bond motifs is 3. The van der Waals surface area contributed by atoms with Crippen molar-refractivity contribution in [3.63, 3.8) is 0 Å². The zero-order valence-corrected chi connectivity index (χ0v) is 25.1. The number of aromatic nitrogens is 5. The summed E-state index contributed by atoms with van der Waals surface area (Å²) < 4.78 is 7.39. The number of nitrogens with zero attached hydrogens (tertiary/aromatic N) is 6. The summed E-state index contributed by atoms with van der Waals surface area (Å²) in [5.41, 5.74) is 4.63. The summed E-state index contributed by atoms with van der Waals surface area (Å²) in [5, 5.41) is 11.8. The van der Waals surface area contributed by atoms with E-state index in [1.54, 1.807) is 17.3 Å². The van der Waals surface area contributed by atoms with Crippen molar-refractivity contribution in [1.82, 2.24) is 34.9 Å². The highest BCUT2D eigenvalue weighted by Gasteiger charge is 2.33. The van der Waals surface area contributed by atoms with Gasteiger partial charge in [-0.1, -0.05) is 35.1 Å². The van der Waals surface area contributed by atoms with Gasteiger partial charge in [-0.15, -0.1) is 0 Å². The molecule has 1 saturated heterocycles. The van der Waals surface area contributed by atoms with Crippen LogP contribution in [0.2, 0.25) is 5.02 Å². The number of nitrogens with one attached hydrogen (secondary N) is 2. The summed E-state index contributed by atoms with van der Waals surface area (Å²) in [4.78, 5) is 41.3. The Morgan fingerprint density at radius 1 is 1.17 bits per heavy atom. The Balaban J connectivity index is 1.23. The molecule has 0 saturated carbocycles. The Morgan fingerprint density at radius 3 is 2.71 bits per heavy atom. The van der Waals surface area contributed by atoms with Crippen LogP contribution in [0.5, 0.6) is 0 Å². The molecule has 0 spiro atoms. The van der Waals surface area contributed by atoms with Crippen LogP contribution in [0.3, 0.4) is 0 Å². The summed E-state index contributed by atoms with van der Waals surface area (Å²) in [6.07, 6.45) is 7.72. The number of amides is 3. The van der Waals surface area contributed by atoms with Gasteiger partial charge in [-0.2, -0.15) is 5.10 Å². The number of para-hydroxylation sites is 1. The summed E-state index contributed by atoms with van der Waals surface area (Å²) in [6, 6.07) is 7.06. The maximum absolute atomic E-state index is 12.9. The second-order valence-electron chi connectivity index (χ2n) is 11.3. The van der Waals surface area contributed by atoms with Crippen LogP contribution in [-0.2, 0) is 17.6 Å². The quantitative estimate of drug-likeness (QED) is 0.297. The highest BCUT2D eigenvalue weighted by atomic mass is 35.5. The first kappa shape index (κ1) is 28.1. The highest BCUT2D eigenvalue weighted by Crippen LogP contribution is 2.44. The zero-order chi connectivity index (χ0) is 29.4. The second-order valence-corrected chi connectivity index (χ2v) is 12.7. The largest absolute Gasteiger partial charge is 0.444 e. The molecule has 218 valence electrons. The monoisotopic (exact) mass is 606 g/mol. The number of carbonyl (C=O) groups is 2. The summed E-state index contributed by atoms with van der Waals surface area (Å²) in [6.45, 7) is 6.46. The molecule has 0 unspecified atom stereocenters. The third kappa shape index (κ3) is 5.68. The number of thiazole rings is 1. The Kier molecular flexibility index (Phi) is 7.58. The first-order valence-electron chi connectivity index (χ1n) is 13.8. The second kappa shape index (κ2) is 11.3. The molecule has 0 radical (unpaired) electrons. The van der Waals surface area contributed by atoms with Crippen molar-refractivity contribution in [3.05, 3.63) is 59.3 Å². The fraction of sp³-hybridized carbons (Fsp3) is 0.379. The first-order chi connectivity index (χ1) is 20.2. The topological polar surface area (TPSA) is 127 Å². The lowest BCUT2D eigenvalue weighted by atomic mass is 9.96. The number of hydrogen-bond donors (Lipinski definition) is 2. The van der Waals surface area contributed by atoms with E-state index < -0.39 is 5.60 Å². The summed E-state index contributed by atoms with van der Waals surface area (Å²) in [7, 11) is 0. The minimum atomic E-state index is -0.574. The van der Waals surface area contributed by atoms with Crippen molar-refractivity contribution in [2.24, 2.45) is 0 Å². The molecule has 1 aliphatic heterocycles. The van der Waals surface area contributed by atoms with Gasteiger partial charge in [0.2, 0.25) is 0 Å². The molecule has 11 nitrogen and oxygen atoms in total. The van der Waals surface area contributed by atoms with E-state index in [0.717, 1.165) is 51.6 Å². The van der Waals surface area contributed by atoms with E-state index in [1.807, 2.05) is 49.7 Å². The molecular weight excluding hydrogens is 576 g/mol. The Bertz CT molecular complexity index is 1630. The van der Waals surface area contributed by atoms with Gasteiger partial charge in [-0.25, -0.2) is 29.2 Å². The Labute approximate surface area is 252 Å². The average molecular weight is 607 g/mol. The van der Waals surface area contributed by atoms with E-state index in [9.17, 15) is 9.59 Å². The molecule has 1 atom stereocenters. The van der Waals surface area contributed by atoms with Gasteiger partial charge in [-0.3, -0.25) is 5.32 Å². The van der Waals surface area contributed by atoms with Gasteiger partial charge in [0.15, 0.2) is 5.13 Å². The van der Waals surface area contributed by atoms with E-state index in [-0.39, 0.29) is 18.2 Å². The molecule has 0 bridgehead atoms. The fourth-order valence-corrected chi connectivity index (χ4v) is 6.62. The number of halogens is 1. The molecule has 3 aromatic heterocycles. The molecule has 6 rings (SSSR count). The van der Waals surface area contributed by atoms with Crippen molar-refractivity contribution in [3.8, 4) is 27.5 Å². The Morgan fingerprint density at radius 2 is 1.95 bits per heavy atom. The highest BCUT2D eigenvalue weighted by molar-refractivity contribution is 7.19. The van der Waals surface area contributed by atoms with E-state index in [2.05, 4.69) is 20.6 Å². The van der Waals surface area contributed by atoms with E-state index in [1.165, 1.54) is 17.7 Å². The number of anilines is 1.